The van der Waals surface area contributed by atoms with E-state index in [1.807, 2.05) is 13.0 Å². The summed E-state index contributed by atoms with van der Waals surface area (Å²) in [4.78, 5) is 16.4. The monoisotopic (exact) mass is 383 g/mol. The maximum atomic E-state index is 12.2. The molecule has 0 bridgehead atoms. The van der Waals surface area contributed by atoms with E-state index in [2.05, 4.69) is 11.6 Å². The lowest BCUT2D eigenvalue weighted by atomic mass is 10.1. The molecule has 5 nitrogen and oxygen atoms in total. The van der Waals surface area contributed by atoms with Gasteiger partial charge >= 0.3 is 5.97 Å². The number of nitrogens with zero attached hydrogens (tertiary/aromatic N) is 1. The first-order valence-electron chi connectivity index (χ1n) is 8.20. The lowest BCUT2D eigenvalue weighted by molar-refractivity contribution is -0.129. The van der Waals surface area contributed by atoms with E-state index in [-0.39, 0.29) is 11.6 Å². The first-order valence-corrected chi connectivity index (χ1v) is 8.58. The van der Waals surface area contributed by atoms with Crippen molar-refractivity contribution in [1.29, 1.82) is 0 Å². The zero-order chi connectivity index (χ0) is 19.4. The second-order valence-corrected chi connectivity index (χ2v) is 6.44. The van der Waals surface area contributed by atoms with E-state index < -0.39 is 5.97 Å². The first kappa shape index (κ1) is 18.7. The molecule has 138 valence electrons. The lowest BCUT2D eigenvalue weighted by Crippen LogP contribution is -2.05. The molecule has 0 amide bonds. The van der Waals surface area contributed by atoms with Crippen LogP contribution in [0.2, 0.25) is 5.02 Å². The zero-order valence-electron chi connectivity index (χ0n) is 15.0. The molecule has 0 aromatic heterocycles. The maximum Gasteiger partial charge on any atom is 0.363 e. The van der Waals surface area contributed by atoms with Gasteiger partial charge in [0.25, 0.3) is 0 Å². The highest BCUT2D eigenvalue weighted by Crippen LogP contribution is 2.30. The number of hydrogen-bond donors (Lipinski definition) is 0. The van der Waals surface area contributed by atoms with E-state index in [1.54, 1.807) is 49.6 Å². The SMILES string of the molecule is C=C(C)COc1cc(/C=C2\N=C(c3ccc(Cl)cc3)OC2=O)ccc1OC. The molecule has 0 unspecified atom stereocenters. The molecule has 2 aromatic rings. The normalized spacial score (nSPS) is 14.7. The third kappa shape index (κ3) is 4.57. The Balaban J connectivity index is 1.88. The van der Waals surface area contributed by atoms with Crippen molar-refractivity contribution in [2.45, 2.75) is 6.92 Å². The highest BCUT2D eigenvalue weighted by atomic mass is 35.5. The van der Waals surface area contributed by atoms with E-state index in [0.717, 1.165) is 11.1 Å². The van der Waals surface area contributed by atoms with Gasteiger partial charge in [-0.1, -0.05) is 24.2 Å². The summed E-state index contributed by atoms with van der Waals surface area (Å²) in [7, 11) is 1.57. The molecule has 0 saturated carbocycles. The number of rotatable bonds is 6. The predicted molar refractivity (Wildman–Crippen MR) is 105 cm³/mol. The van der Waals surface area contributed by atoms with Gasteiger partial charge in [-0.15, -0.1) is 0 Å². The Bertz CT molecular complexity index is 945. The molecule has 0 radical (unpaired) electrons. The molecule has 1 aliphatic heterocycles. The number of cyclic esters (lactones) is 1. The summed E-state index contributed by atoms with van der Waals surface area (Å²) in [5.41, 5.74) is 2.50. The number of methoxy groups -OCH3 is 1. The topological polar surface area (TPSA) is 57.1 Å². The summed E-state index contributed by atoms with van der Waals surface area (Å²) in [5.74, 6) is 0.885. The molecule has 3 rings (SSSR count). The minimum atomic E-state index is -0.514. The molecule has 27 heavy (non-hydrogen) atoms. The standard InChI is InChI=1S/C21H18ClNO4/c1-13(2)12-26-19-11-14(4-9-18(19)25-3)10-17-21(24)27-20(23-17)15-5-7-16(22)8-6-15/h4-11H,1,12H2,2-3H3/b17-10-. The fourth-order valence-corrected chi connectivity index (χ4v) is 2.51. The van der Waals surface area contributed by atoms with Gasteiger partial charge in [0.2, 0.25) is 5.90 Å². The van der Waals surface area contributed by atoms with Gasteiger partial charge in [0.15, 0.2) is 17.2 Å². The maximum absolute atomic E-state index is 12.2. The molecule has 0 N–H and O–H groups in total. The van der Waals surface area contributed by atoms with Gasteiger partial charge in [-0.05, 0) is 60.5 Å². The number of carbonyl (C=O) groups excluding carboxylic acids is 1. The molecule has 1 aliphatic rings. The van der Waals surface area contributed by atoms with Gasteiger partial charge in [-0.2, -0.15) is 0 Å². The molecule has 0 spiro atoms. The molecular formula is C21H18ClNO4. The summed E-state index contributed by atoms with van der Waals surface area (Å²) in [6.07, 6.45) is 1.64. The van der Waals surface area contributed by atoms with Crippen molar-refractivity contribution in [1.82, 2.24) is 0 Å². The Kier molecular flexibility index (Phi) is 5.62. The average Bonchev–Trinajstić information content (AvgIpc) is 3.01. The van der Waals surface area contributed by atoms with Crippen molar-refractivity contribution in [3.05, 3.63) is 76.5 Å². The lowest BCUT2D eigenvalue weighted by Gasteiger charge is -2.11. The van der Waals surface area contributed by atoms with Crippen LogP contribution in [0, 0.1) is 0 Å². The third-order valence-corrected chi connectivity index (χ3v) is 3.93. The van der Waals surface area contributed by atoms with E-state index in [0.29, 0.717) is 28.7 Å². The van der Waals surface area contributed by atoms with Gasteiger partial charge in [0, 0.05) is 10.6 Å². The molecule has 0 fully saturated rings. The summed E-state index contributed by atoms with van der Waals surface area (Å²) in [6.45, 7) is 6.07. The van der Waals surface area contributed by atoms with E-state index in [1.165, 1.54) is 0 Å². The second-order valence-electron chi connectivity index (χ2n) is 6.00. The van der Waals surface area contributed by atoms with Gasteiger partial charge in [0.1, 0.15) is 6.61 Å². The number of aliphatic imine (C=N–C) groups is 1. The molecule has 0 aliphatic carbocycles. The van der Waals surface area contributed by atoms with Crippen LogP contribution in [0.25, 0.3) is 6.08 Å². The smallest absolute Gasteiger partial charge is 0.363 e. The fourth-order valence-electron chi connectivity index (χ4n) is 2.38. The van der Waals surface area contributed by atoms with Crippen molar-refractivity contribution >= 4 is 29.5 Å². The zero-order valence-corrected chi connectivity index (χ0v) is 15.7. The molecule has 1 heterocycles. The number of halogens is 1. The quantitative estimate of drug-likeness (QED) is 0.414. The van der Waals surface area contributed by atoms with Crippen molar-refractivity contribution in [3.8, 4) is 11.5 Å². The molecule has 6 heteroatoms. The van der Waals surface area contributed by atoms with Gasteiger partial charge in [-0.3, -0.25) is 0 Å². The largest absolute Gasteiger partial charge is 0.493 e. The Morgan fingerprint density at radius 1 is 1.22 bits per heavy atom. The number of hydrogen-bond acceptors (Lipinski definition) is 5. The number of carbonyl (C=O) groups is 1. The Labute approximate surface area is 162 Å². The van der Waals surface area contributed by atoms with Crippen LogP contribution in [0.5, 0.6) is 11.5 Å². The van der Waals surface area contributed by atoms with Crippen LogP contribution < -0.4 is 9.47 Å². The number of esters is 1. The summed E-state index contributed by atoms with van der Waals surface area (Å²) >= 11 is 5.88. The van der Waals surface area contributed by atoms with Gasteiger partial charge in [0.05, 0.1) is 7.11 Å². The van der Waals surface area contributed by atoms with Crippen LogP contribution in [-0.2, 0) is 9.53 Å². The van der Waals surface area contributed by atoms with E-state index in [4.69, 9.17) is 25.8 Å². The number of ether oxygens (including phenoxy) is 3. The minimum Gasteiger partial charge on any atom is -0.493 e. The fraction of sp³-hybridized carbons (Fsp3) is 0.143. The van der Waals surface area contributed by atoms with Crippen LogP contribution in [0.3, 0.4) is 0 Å². The van der Waals surface area contributed by atoms with Crippen molar-refractivity contribution in [2.24, 2.45) is 4.99 Å². The average molecular weight is 384 g/mol. The van der Waals surface area contributed by atoms with Crippen molar-refractivity contribution in [3.63, 3.8) is 0 Å². The van der Waals surface area contributed by atoms with Crippen LogP contribution in [0.4, 0.5) is 0 Å². The summed E-state index contributed by atoms with van der Waals surface area (Å²) < 4.78 is 16.3. The second kappa shape index (κ2) is 8.10. The van der Waals surface area contributed by atoms with Crippen molar-refractivity contribution < 1.29 is 19.0 Å². The van der Waals surface area contributed by atoms with Crippen LogP contribution >= 0.6 is 11.6 Å². The van der Waals surface area contributed by atoms with Gasteiger partial charge in [-0.25, -0.2) is 9.79 Å². The Hall–Kier alpha value is -3.05. The number of benzene rings is 2. The van der Waals surface area contributed by atoms with Crippen LogP contribution in [0.15, 0.2) is 65.3 Å². The first-order chi connectivity index (χ1) is 13.0. The Morgan fingerprint density at radius 3 is 2.63 bits per heavy atom. The highest BCUT2D eigenvalue weighted by molar-refractivity contribution is 6.30. The minimum absolute atomic E-state index is 0.205. The van der Waals surface area contributed by atoms with Gasteiger partial charge < -0.3 is 14.2 Å². The summed E-state index contributed by atoms with van der Waals surface area (Å²) in [6, 6.07) is 12.3. The predicted octanol–water partition coefficient (Wildman–Crippen LogP) is 4.65. The van der Waals surface area contributed by atoms with Crippen molar-refractivity contribution in [2.75, 3.05) is 13.7 Å². The Morgan fingerprint density at radius 2 is 1.96 bits per heavy atom. The van der Waals surface area contributed by atoms with Crippen LogP contribution in [-0.4, -0.2) is 25.6 Å². The molecular weight excluding hydrogens is 366 g/mol. The van der Waals surface area contributed by atoms with E-state index >= 15 is 0 Å². The highest BCUT2D eigenvalue weighted by Gasteiger charge is 2.24. The van der Waals surface area contributed by atoms with Crippen LogP contribution in [0.1, 0.15) is 18.1 Å². The van der Waals surface area contributed by atoms with E-state index in [9.17, 15) is 4.79 Å². The molecule has 0 atom stereocenters. The molecule has 2 aromatic carbocycles. The third-order valence-electron chi connectivity index (χ3n) is 3.68. The molecule has 0 saturated heterocycles. The summed E-state index contributed by atoms with van der Waals surface area (Å²) in [5, 5.41) is 0.597.